The first-order valence-corrected chi connectivity index (χ1v) is 10.8. The Morgan fingerprint density at radius 1 is 1.33 bits per heavy atom. The molecule has 1 fully saturated rings. The molecule has 2 aromatic rings. The van der Waals surface area contributed by atoms with Crippen LogP contribution in [0.25, 0.3) is 0 Å². The average molecular weight is 430 g/mol. The van der Waals surface area contributed by atoms with Gasteiger partial charge in [-0.2, -0.15) is 0 Å². The lowest BCUT2D eigenvalue weighted by molar-refractivity contribution is 0.122. The predicted molar refractivity (Wildman–Crippen MR) is 123 cm³/mol. The molecule has 0 bridgehead atoms. The number of aromatic nitrogens is 3. The smallest absolute Gasteiger partial charge is 0.191 e. The lowest BCUT2D eigenvalue weighted by Gasteiger charge is -2.40. The van der Waals surface area contributed by atoms with Crippen LogP contribution in [0, 0.1) is 12.8 Å². The van der Waals surface area contributed by atoms with Gasteiger partial charge < -0.3 is 15.2 Å². The van der Waals surface area contributed by atoms with Crippen molar-refractivity contribution in [1.82, 2.24) is 30.3 Å². The van der Waals surface area contributed by atoms with E-state index >= 15 is 0 Å². The summed E-state index contributed by atoms with van der Waals surface area (Å²) in [5, 5.41) is 15.9. The topological polar surface area (TPSA) is 70.4 Å². The maximum Gasteiger partial charge on any atom is 0.191 e. The van der Waals surface area contributed by atoms with Crippen LogP contribution in [0.2, 0.25) is 5.02 Å². The van der Waals surface area contributed by atoms with Crippen LogP contribution in [0.4, 0.5) is 0 Å². The second-order valence-corrected chi connectivity index (χ2v) is 8.26. The van der Waals surface area contributed by atoms with Crippen molar-refractivity contribution in [2.45, 2.75) is 32.4 Å². The molecule has 0 aliphatic carbocycles. The molecule has 0 radical (unpaired) electrons. The Labute approximate surface area is 184 Å². The molecule has 0 spiro atoms. The maximum atomic E-state index is 6.27. The van der Waals surface area contributed by atoms with Crippen LogP contribution in [-0.4, -0.2) is 52.3 Å². The number of nitrogens with one attached hydrogen (secondary N) is 2. The minimum Gasteiger partial charge on any atom is -0.356 e. The van der Waals surface area contributed by atoms with Crippen LogP contribution >= 0.6 is 11.6 Å². The van der Waals surface area contributed by atoms with Crippen molar-refractivity contribution in [1.29, 1.82) is 0 Å². The Morgan fingerprint density at radius 2 is 2.17 bits per heavy atom. The zero-order chi connectivity index (χ0) is 21.5. The number of aliphatic imine (C=N–C) groups is 1. The highest BCUT2D eigenvalue weighted by atomic mass is 35.5. The summed E-state index contributed by atoms with van der Waals surface area (Å²) in [4.78, 5) is 7.14. The van der Waals surface area contributed by atoms with Crippen molar-refractivity contribution >= 4 is 17.6 Å². The fourth-order valence-electron chi connectivity index (χ4n) is 4.00. The van der Waals surface area contributed by atoms with Crippen LogP contribution in [0.5, 0.6) is 0 Å². The Kier molecular flexibility index (Phi) is 7.87. The number of aryl methyl sites for hydroxylation is 1. The lowest BCUT2D eigenvalue weighted by Crippen LogP contribution is -2.45. The van der Waals surface area contributed by atoms with Gasteiger partial charge in [-0.25, -0.2) is 4.99 Å². The maximum absolute atomic E-state index is 6.27. The largest absolute Gasteiger partial charge is 0.356 e. The number of piperidine rings is 1. The van der Waals surface area contributed by atoms with Crippen molar-refractivity contribution in [2.24, 2.45) is 18.0 Å². The summed E-state index contributed by atoms with van der Waals surface area (Å²) in [6, 6.07) is 8.55. The summed E-state index contributed by atoms with van der Waals surface area (Å²) in [6.45, 7) is 8.76. The summed E-state index contributed by atoms with van der Waals surface area (Å²) < 4.78 is 1.96. The van der Waals surface area contributed by atoms with Gasteiger partial charge in [0.15, 0.2) is 11.8 Å². The minimum atomic E-state index is 0.326. The van der Waals surface area contributed by atoms with Crippen LogP contribution in [-0.2, 0) is 13.6 Å². The lowest BCUT2D eigenvalue weighted by atomic mass is 9.85. The number of rotatable bonds is 7. The molecular formula is C22H32ClN7. The Morgan fingerprint density at radius 3 is 2.87 bits per heavy atom. The third-order valence-electron chi connectivity index (χ3n) is 5.70. The Hall–Kier alpha value is -2.38. The first-order valence-electron chi connectivity index (χ1n) is 10.4. The Bertz CT molecular complexity index is 876. The van der Waals surface area contributed by atoms with E-state index in [-0.39, 0.29) is 0 Å². The molecule has 1 aromatic heterocycles. The van der Waals surface area contributed by atoms with Crippen molar-refractivity contribution in [3.8, 4) is 0 Å². The zero-order valence-electron chi connectivity index (χ0n) is 18.1. The summed E-state index contributed by atoms with van der Waals surface area (Å²) in [7, 11) is 4.15. The molecule has 8 heteroatoms. The molecule has 2 N–H and O–H groups in total. The number of hydrogen-bond donors (Lipinski definition) is 2. The number of nitrogens with zero attached hydrogens (tertiary/aromatic N) is 5. The molecule has 0 saturated carbocycles. The second-order valence-electron chi connectivity index (χ2n) is 7.82. The molecule has 162 valence electrons. The van der Waals surface area contributed by atoms with Gasteiger partial charge in [0.2, 0.25) is 0 Å². The monoisotopic (exact) mass is 429 g/mol. The third kappa shape index (κ3) is 5.61. The molecule has 2 unspecified atom stereocenters. The van der Waals surface area contributed by atoms with Gasteiger partial charge in [-0.3, -0.25) is 4.90 Å². The van der Waals surface area contributed by atoms with E-state index in [4.69, 9.17) is 16.6 Å². The van der Waals surface area contributed by atoms with E-state index in [9.17, 15) is 0 Å². The number of likely N-dealkylation sites (tertiary alicyclic amines) is 1. The quantitative estimate of drug-likeness (QED) is 0.402. The standard InChI is InChI=1S/C22H32ClN7/c1-5-11-24-22(26-15-20-28-27-16(2)30(20)4)25-14-18-9-7-12-29(3)21(18)17-8-6-10-19(23)13-17/h5-6,8,10,13,18,21H,1,7,9,11-12,14-15H2,2-4H3,(H2,24,25,26). The van der Waals surface area contributed by atoms with Gasteiger partial charge in [0.05, 0.1) is 0 Å². The minimum absolute atomic E-state index is 0.326. The number of benzene rings is 1. The van der Waals surface area contributed by atoms with Gasteiger partial charge in [-0.05, 0) is 57.0 Å². The van der Waals surface area contributed by atoms with E-state index in [1.165, 1.54) is 12.0 Å². The summed E-state index contributed by atoms with van der Waals surface area (Å²) >= 11 is 6.27. The summed E-state index contributed by atoms with van der Waals surface area (Å²) in [5.41, 5.74) is 1.27. The molecule has 1 aliphatic heterocycles. The molecule has 1 aliphatic rings. The zero-order valence-corrected chi connectivity index (χ0v) is 18.9. The summed E-state index contributed by atoms with van der Waals surface area (Å²) in [6.07, 6.45) is 4.17. The number of hydrogen-bond acceptors (Lipinski definition) is 4. The van der Waals surface area contributed by atoms with Gasteiger partial charge in [0.25, 0.3) is 0 Å². The highest BCUT2D eigenvalue weighted by Crippen LogP contribution is 2.35. The van der Waals surface area contributed by atoms with Crippen molar-refractivity contribution in [3.05, 3.63) is 59.2 Å². The van der Waals surface area contributed by atoms with Gasteiger partial charge in [0.1, 0.15) is 12.4 Å². The molecule has 2 heterocycles. The normalized spacial score (nSPS) is 20.2. The molecule has 7 nitrogen and oxygen atoms in total. The third-order valence-corrected chi connectivity index (χ3v) is 5.94. The second kappa shape index (κ2) is 10.6. The van der Waals surface area contributed by atoms with E-state index < -0.39 is 0 Å². The van der Waals surface area contributed by atoms with Gasteiger partial charge in [-0.15, -0.1) is 16.8 Å². The van der Waals surface area contributed by atoms with Crippen molar-refractivity contribution in [2.75, 3.05) is 26.7 Å². The fourth-order valence-corrected chi connectivity index (χ4v) is 4.20. The van der Waals surface area contributed by atoms with E-state index in [2.05, 4.69) is 51.5 Å². The van der Waals surface area contributed by atoms with Crippen molar-refractivity contribution in [3.63, 3.8) is 0 Å². The summed E-state index contributed by atoms with van der Waals surface area (Å²) in [5.74, 6) is 2.92. The molecular weight excluding hydrogens is 398 g/mol. The van der Waals surface area contributed by atoms with Crippen LogP contribution < -0.4 is 10.6 Å². The molecule has 2 atom stereocenters. The highest BCUT2D eigenvalue weighted by Gasteiger charge is 2.30. The molecule has 0 amide bonds. The van der Waals surface area contributed by atoms with E-state index in [0.717, 1.165) is 42.1 Å². The van der Waals surface area contributed by atoms with Crippen LogP contribution in [0.15, 0.2) is 41.9 Å². The average Bonchev–Trinajstić information content (AvgIpc) is 3.05. The predicted octanol–water partition coefficient (Wildman–Crippen LogP) is 3.08. The van der Waals surface area contributed by atoms with Crippen LogP contribution in [0.3, 0.4) is 0 Å². The number of guanidine groups is 1. The van der Waals surface area contributed by atoms with Crippen molar-refractivity contribution < 1.29 is 0 Å². The SMILES string of the molecule is C=CCNC(=NCc1nnc(C)n1C)NCC1CCCN(C)C1c1cccc(Cl)c1. The first kappa shape index (κ1) is 22.3. The molecule has 1 aromatic carbocycles. The first-order chi connectivity index (χ1) is 14.5. The van der Waals surface area contributed by atoms with Gasteiger partial charge in [-0.1, -0.05) is 29.8 Å². The van der Waals surface area contributed by atoms with Gasteiger partial charge >= 0.3 is 0 Å². The Balaban J connectivity index is 1.71. The highest BCUT2D eigenvalue weighted by molar-refractivity contribution is 6.30. The fraction of sp³-hybridized carbons (Fsp3) is 0.500. The molecule has 1 saturated heterocycles. The molecule has 30 heavy (non-hydrogen) atoms. The van der Waals surface area contributed by atoms with Crippen LogP contribution in [0.1, 0.15) is 36.1 Å². The van der Waals surface area contributed by atoms with E-state index in [1.54, 1.807) is 0 Å². The molecule has 3 rings (SSSR count). The van der Waals surface area contributed by atoms with E-state index in [1.807, 2.05) is 36.7 Å². The van der Waals surface area contributed by atoms with E-state index in [0.29, 0.717) is 25.0 Å². The van der Waals surface area contributed by atoms with Gasteiger partial charge in [0, 0.05) is 31.2 Å². The number of halogens is 1.